The highest BCUT2D eigenvalue weighted by molar-refractivity contribution is 6.31. The van der Waals surface area contributed by atoms with Crippen molar-refractivity contribution in [1.29, 1.82) is 0 Å². The lowest BCUT2D eigenvalue weighted by Gasteiger charge is -2.19. The Morgan fingerprint density at radius 3 is 2.86 bits per heavy atom. The zero-order valence-corrected chi connectivity index (χ0v) is 13.1. The maximum atomic E-state index is 14.0. The molecule has 0 amide bonds. The van der Waals surface area contributed by atoms with E-state index < -0.39 is 6.04 Å². The van der Waals surface area contributed by atoms with Gasteiger partial charge in [-0.05, 0) is 33.3 Å². The van der Waals surface area contributed by atoms with E-state index in [9.17, 15) is 4.39 Å². The Kier molecular flexibility index (Phi) is 5.27. The number of halogens is 2. The molecule has 0 spiro atoms. The molecule has 21 heavy (non-hydrogen) atoms. The number of pyridine rings is 1. The van der Waals surface area contributed by atoms with Gasteiger partial charge < -0.3 is 10.2 Å². The SMILES string of the molecule is CNC(c1ncccc1F)c1c(Cl)cnn1CCN(C)C. The van der Waals surface area contributed by atoms with Crippen LogP contribution in [0.3, 0.4) is 0 Å². The first-order chi connectivity index (χ1) is 10.0. The van der Waals surface area contributed by atoms with E-state index in [4.69, 9.17) is 11.6 Å². The average molecular weight is 312 g/mol. The third-order valence-corrected chi connectivity index (χ3v) is 3.51. The summed E-state index contributed by atoms with van der Waals surface area (Å²) >= 11 is 6.25. The Morgan fingerprint density at radius 1 is 1.48 bits per heavy atom. The molecular formula is C14H19ClFN5. The Hall–Kier alpha value is -1.50. The molecule has 114 valence electrons. The summed E-state index contributed by atoms with van der Waals surface area (Å²) < 4.78 is 15.8. The van der Waals surface area contributed by atoms with Gasteiger partial charge in [-0.15, -0.1) is 0 Å². The van der Waals surface area contributed by atoms with Gasteiger partial charge in [0.1, 0.15) is 5.82 Å². The van der Waals surface area contributed by atoms with Gasteiger partial charge in [-0.1, -0.05) is 11.6 Å². The highest BCUT2D eigenvalue weighted by Crippen LogP contribution is 2.28. The summed E-state index contributed by atoms with van der Waals surface area (Å²) in [5.41, 5.74) is 1.03. The van der Waals surface area contributed by atoms with Crippen molar-refractivity contribution in [2.75, 3.05) is 27.7 Å². The molecule has 2 heterocycles. The van der Waals surface area contributed by atoms with Crippen LogP contribution >= 0.6 is 11.6 Å². The van der Waals surface area contributed by atoms with Crippen LogP contribution in [-0.4, -0.2) is 47.4 Å². The molecule has 2 rings (SSSR count). The molecule has 0 saturated carbocycles. The van der Waals surface area contributed by atoms with Gasteiger partial charge >= 0.3 is 0 Å². The van der Waals surface area contributed by atoms with Crippen molar-refractivity contribution in [2.45, 2.75) is 12.6 Å². The minimum absolute atomic E-state index is 0.313. The van der Waals surface area contributed by atoms with Crippen molar-refractivity contribution in [3.8, 4) is 0 Å². The summed E-state index contributed by atoms with van der Waals surface area (Å²) in [6.07, 6.45) is 3.15. The Labute approximate surface area is 128 Å². The summed E-state index contributed by atoms with van der Waals surface area (Å²) in [5, 5.41) is 7.85. The molecule has 0 aromatic carbocycles. The summed E-state index contributed by atoms with van der Waals surface area (Å²) in [4.78, 5) is 6.19. The zero-order valence-electron chi connectivity index (χ0n) is 12.3. The number of rotatable bonds is 6. The maximum absolute atomic E-state index is 14.0. The molecule has 1 unspecified atom stereocenters. The molecule has 2 aromatic heterocycles. The summed E-state index contributed by atoms with van der Waals surface area (Å²) in [7, 11) is 5.72. The molecule has 0 fully saturated rings. The fraction of sp³-hybridized carbons (Fsp3) is 0.429. The largest absolute Gasteiger partial charge is 0.308 e. The summed E-state index contributed by atoms with van der Waals surface area (Å²) in [6, 6.07) is 2.51. The predicted octanol–water partition coefficient (Wildman–Crippen LogP) is 1.94. The molecule has 0 bridgehead atoms. The lowest BCUT2D eigenvalue weighted by atomic mass is 10.1. The molecule has 0 saturated heterocycles. The van der Waals surface area contributed by atoms with E-state index in [1.807, 2.05) is 14.1 Å². The minimum Gasteiger partial charge on any atom is -0.308 e. The van der Waals surface area contributed by atoms with E-state index >= 15 is 0 Å². The quantitative estimate of drug-likeness (QED) is 0.885. The van der Waals surface area contributed by atoms with Crippen LogP contribution in [0.2, 0.25) is 5.02 Å². The zero-order chi connectivity index (χ0) is 15.4. The molecule has 1 N–H and O–H groups in total. The molecule has 0 aliphatic rings. The van der Waals surface area contributed by atoms with Crippen LogP contribution in [-0.2, 0) is 6.54 Å². The van der Waals surface area contributed by atoms with E-state index in [1.54, 1.807) is 30.2 Å². The van der Waals surface area contributed by atoms with Gasteiger partial charge in [0, 0.05) is 12.7 Å². The van der Waals surface area contributed by atoms with Crippen molar-refractivity contribution < 1.29 is 4.39 Å². The van der Waals surface area contributed by atoms with Gasteiger partial charge in [0.2, 0.25) is 0 Å². The van der Waals surface area contributed by atoms with E-state index in [-0.39, 0.29) is 5.82 Å². The van der Waals surface area contributed by atoms with Crippen LogP contribution in [0, 0.1) is 5.82 Å². The lowest BCUT2D eigenvalue weighted by molar-refractivity contribution is 0.365. The third kappa shape index (κ3) is 3.58. The average Bonchev–Trinajstić information content (AvgIpc) is 2.81. The number of nitrogens with zero attached hydrogens (tertiary/aromatic N) is 4. The van der Waals surface area contributed by atoms with Crippen LogP contribution in [0.1, 0.15) is 17.4 Å². The van der Waals surface area contributed by atoms with Crippen molar-refractivity contribution >= 4 is 11.6 Å². The normalized spacial score (nSPS) is 12.9. The lowest BCUT2D eigenvalue weighted by Crippen LogP contribution is -2.26. The van der Waals surface area contributed by atoms with Crippen molar-refractivity contribution in [2.24, 2.45) is 0 Å². The van der Waals surface area contributed by atoms with E-state index in [0.717, 1.165) is 12.2 Å². The van der Waals surface area contributed by atoms with Crippen LogP contribution in [0.5, 0.6) is 0 Å². The van der Waals surface area contributed by atoms with E-state index in [1.165, 1.54) is 6.07 Å². The van der Waals surface area contributed by atoms with Gasteiger partial charge in [-0.25, -0.2) is 4.39 Å². The smallest absolute Gasteiger partial charge is 0.146 e. The van der Waals surface area contributed by atoms with Gasteiger partial charge in [-0.3, -0.25) is 9.67 Å². The summed E-state index contributed by atoms with van der Waals surface area (Å²) in [6.45, 7) is 1.48. The summed E-state index contributed by atoms with van der Waals surface area (Å²) in [5.74, 6) is -0.367. The van der Waals surface area contributed by atoms with Crippen LogP contribution in [0.25, 0.3) is 0 Å². The van der Waals surface area contributed by atoms with Crippen LogP contribution < -0.4 is 5.32 Å². The number of nitrogens with one attached hydrogen (secondary N) is 1. The fourth-order valence-electron chi connectivity index (χ4n) is 2.15. The molecule has 0 aliphatic heterocycles. The number of hydrogen-bond acceptors (Lipinski definition) is 4. The predicted molar refractivity (Wildman–Crippen MR) is 80.9 cm³/mol. The number of likely N-dealkylation sites (N-methyl/N-ethyl adjacent to an activating group) is 1. The minimum atomic E-state index is -0.441. The van der Waals surface area contributed by atoms with Gasteiger partial charge in [0.15, 0.2) is 0 Å². The molecule has 2 aromatic rings. The van der Waals surface area contributed by atoms with E-state index in [2.05, 4.69) is 20.3 Å². The second-order valence-corrected chi connectivity index (χ2v) is 5.40. The second-order valence-electron chi connectivity index (χ2n) is 5.00. The molecule has 0 radical (unpaired) electrons. The number of aromatic nitrogens is 3. The Balaban J connectivity index is 2.38. The third-order valence-electron chi connectivity index (χ3n) is 3.21. The second kappa shape index (κ2) is 6.98. The molecular weight excluding hydrogens is 293 g/mol. The van der Waals surface area contributed by atoms with Gasteiger partial charge in [0.25, 0.3) is 0 Å². The standard InChI is InChI=1S/C14H19ClFN5/c1-17-13(12-11(16)5-4-6-18-12)14-10(15)9-19-21(14)8-7-20(2)3/h4-6,9,13,17H,7-8H2,1-3H3. The van der Waals surface area contributed by atoms with Crippen LogP contribution in [0.15, 0.2) is 24.5 Å². The van der Waals surface area contributed by atoms with E-state index in [0.29, 0.717) is 17.3 Å². The first kappa shape index (κ1) is 15.9. The highest BCUT2D eigenvalue weighted by Gasteiger charge is 2.24. The molecule has 7 heteroatoms. The molecule has 1 atom stereocenters. The van der Waals surface area contributed by atoms with Crippen molar-refractivity contribution in [3.05, 3.63) is 46.8 Å². The van der Waals surface area contributed by atoms with Crippen molar-refractivity contribution in [1.82, 2.24) is 25.0 Å². The number of hydrogen-bond donors (Lipinski definition) is 1. The topological polar surface area (TPSA) is 46.0 Å². The van der Waals surface area contributed by atoms with Gasteiger partial charge in [-0.2, -0.15) is 5.10 Å². The van der Waals surface area contributed by atoms with Gasteiger partial charge in [0.05, 0.1) is 35.2 Å². The Morgan fingerprint density at radius 2 is 2.24 bits per heavy atom. The maximum Gasteiger partial charge on any atom is 0.146 e. The first-order valence-electron chi connectivity index (χ1n) is 6.68. The Bertz CT molecular complexity index is 599. The fourth-order valence-corrected chi connectivity index (χ4v) is 2.40. The molecule has 0 aliphatic carbocycles. The monoisotopic (exact) mass is 311 g/mol. The van der Waals surface area contributed by atoms with Crippen molar-refractivity contribution in [3.63, 3.8) is 0 Å². The van der Waals surface area contributed by atoms with Crippen LogP contribution in [0.4, 0.5) is 4.39 Å². The highest BCUT2D eigenvalue weighted by atomic mass is 35.5. The first-order valence-corrected chi connectivity index (χ1v) is 7.06. The molecule has 5 nitrogen and oxygen atoms in total.